The molecule has 0 aliphatic carbocycles. The molecule has 0 spiro atoms. The monoisotopic (exact) mass is 243 g/mol. The van der Waals surface area contributed by atoms with Crippen LogP contribution >= 0.6 is 0 Å². The largest absolute Gasteiger partial charge is 0.492 e. The Bertz CT molecular complexity index is 515. The van der Waals surface area contributed by atoms with Crippen LogP contribution in [0.2, 0.25) is 0 Å². The summed E-state index contributed by atoms with van der Waals surface area (Å²) in [7, 11) is 0. The molecule has 94 valence electrons. The normalized spacial score (nSPS) is 16.9. The van der Waals surface area contributed by atoms with Gasteiger partial charge in [-0.2, -0.15) is 0 Å². The van der Waals surface area contributed by atoms with Gasteiger partial charge >= 0.3 is 0 Å². The third kappa shape index (κ3) is 1.99. The number of hydrogen-bond acceptors (Lipinski definition) is 3. The minimum absolute atomic E-state index is 0.172. The molecule has 2 heterocycles. The molecule has 1 aliphatic heterocycles. The Balaban J connectivity index is 2.01. The minimum Gasteiger partial charge on any atom is -0.492 e. The summed E-state index contributed by atoms with van der Waals surface area (Å²) in [5, 5.41) is 13.3. The summed E-state index contributed by atoms with van der Waals surface area (Å²) in [6.45, 7) is 2.01. The van der Waals surface area contributed by atoms with E-state index in [2.05, 4.69) is 10.3 Å². The maximum atomic E-state index is 9.99. The lowest BCUT2D eigenvalue weighted by atomic mass is 9.94. The lowest BCUT2D eigenvalue weighted by Crippen LogP contribution is -2.27. The Morgan fingerprint density at radius 1 is 1.17 bits per heavy atom. The third-order valence-corrected chi connectivity index (χ3v) is 3.54. The second-order valence-corrected chi connectivity index (χ2v) is 4.68. The van der Waals surface area contributed by atoms with E-state index < -0.39 is 0 Å². The van der Waals surface area contributed by atoms with Gasteiger partial charge in [-0.1, -0.05) is 18.2 Å². The number of benzene rings is 1. The van der Waals surface area contributed by atoms with Gasteiger partial charge in [0.15, 0.2) is 0 Å². The summed E-state index contributed by atoms with van der Waals surface area (Å²) in [6.07, 6.45) is 3.81. The van der Waals surface area contributed by atoms with Crippen LogP contribution in [0.15, 0.2) is 36.7 Å². The SMILES string of the molecule is Oc1ncn(-c2ccccc2)c1C1CCNCC1. The molecule has 0 bridgehead atoms. The lowest BCUT2D eigenvalue weighted by molar-refractivity contribution is 0.408. The van der Waals surface area contributed by atoms with Crippen LogP contribution in [0, 0.1) is 0 Å². The molecular weight excluding hydrogens is 226 g/mol. The Kier molecular flexibility index (Phi) is 3.02. The van der Waals surface area contributed by atoms with Crippen molar-refractivity contribution in [2.45, 2.75) is 18.8 Å². The zero-order valence-electron chi connectivity index (χ0n) is 10.2. The van der Waals surface area contributed by atoms with Gasteiger partial charge < -0.3 is 10.4 Å². The van der Waals surface area contributed by atoms with Gasteiger partial charge in [0.25, 0.3) is 0 Å². The molecule has 4 heteroatoms. The van der Waals surface area contributed by atoms with Gasteiger partial charge in [0.05, 0.1) is 5.69 Å². The molecule has 0 unspecified atom stereocenters. The highest BCUT2D eigenvalue weighted by molar-refractivity contribution is 5.38. The standard InChI is InChI=1S/C14H17N3O/c18-14-13(11-6-8-15-9-7-11)17(10-16-14)12-4-2-1-3-5-12/h1-5,10-11,15,18H,6-9H2. The van der Waals surface area contributed by atoms with E-state index in [1.54, 1.807) is 6.33 Å². The average Bonchev–Trinajstić information content (AvgIpc) is 2.83. The number of nitrogens with one attached hydrogen (secondary N) is 1. The van der Waals surface area contributed by atoms with Crippen molar-refractivity contribution >= 4 is 0 Å². The van der Waals surface area contributed by atoms with Crippen LogP contribution in [0.1, 0.15) is 24.5 Å². The lowest BCUT2D eigenvalue weighted by Gasteiger charge is -2.23. The van der Waals surface area contributed by atoms with E-state index in [1.807, 2.05) is 34.9 Å². The molecule has 1 aliphatic rings. The molecular formula is C14H17N3O. The minimum atomic E-state index is 0.172. The average molecular weight is 243 g/mol. The molecule has 18 heavy (non-hydrogen) atoms. The molecule has 0 amide bonds. The van der Waals surface area contributed by atoms with Gasteiger partial charge in [0.1, 0.15) is 6.33 Å². The van der Waals surface area contributed by atoms with Gasteiger partial charge in [-0.3, -0.25) is 4.57 Å². The topological polar surface area (TPSA) is 50.1 Å². The van der Waals surface area contributed by atoms with Gasteiger partial charge in [-0.25, -0.2) is 4.98 Å². The molecule has 1 saturated heterocycles. The van der Waals surface area contributed by atoms with Crippen molar-refractivity contribution in [3.05, 3.63) is 42.4 Å². The van der Waals surface area contributed by atoms with Crippen LogP contribution in [0.4, 0.5) is 0 Å². The summed E-state index contributed by atoms with van der Waals surface area (Å²) in [4.78, 5) is 4.07. The Hall–Kier alpha value is -1.81. The van der Waals surface area contributed by atoms with E-state index >= 15 is 0 Å². The van der Waals surface area contributed by atoms with E-state index in [9.17, 15) is 5.11 Å². The fraction of sp³-hybridized carbons (Fsp3) is 0.357. The molecule has 3 rings (SSSR count). The van der Waals surface area contributed by atoms with Crippen LogP contribution < -0.4 is 5.32 Å². The highest BCUT2D eigenvalue weighted by Crippen LogP contribution is 2.32. The molecule has 2 aromatic rings. The van der Waals surface area contributed by atoms with E-state index in [0.29, 0.717) is 5.92 Å². The van der Waals surface area contributed by atoms with Gasteiger partial charge in [0, 0.05) is 11.6 Å². The quantitative estimate of drug-likeness (QED) is 0.848. The van der Waals surface area contributed by atoms with Gasteiger partial charge in [-0.15, -0.1) is 0 Å². The highest BCUT2D eigenvalue weighted by Gasteiger charge is 2.23. The molecule has 1 aromatic carbocycles. The maximum absolute atomic E-state index is 9.99. The zero-order chi connectivity index (χ0) is 12.4. The first-order chi connectivity index (χ1) is 8.86. The number of imidazole rings is 1. The molecule has 4 nitrogen and oxygen atoms in total. The summed E-state index contributed by atoms with van der Waals surface area (Å²) >= 11 is 0. The maximum Gasteiger partial charge on any atom is 0.233 e. The number of aromatic nitrogens is 2. The first-order valence-corrected chi connectivity index (χ1v) is 6.38. The smallest absolute Gasteiger partial charge is 0.233 e. The first kappa shape index (κ1) is 11.3. The van der Waals surface area contributed by atoms with Crippen molar-refractivity contribution in [2.24, 2.45) is 0 Å². The number of hydrogen-bond donors (Lipinski definition) is 2. The van der Waals surface area contributed by atoms with E-state index in [1.165, 1.54) is 0 Å². The van der Waals surface area contributed by atoms with Crippen LogP contribution in [0.25, 0.3) is 5.69 Å². The Morgan fingerprint density at radius 2 is 1.89 bits per heavy atom. The second kappa shape index (κ2) is 4.82. The third-order valence-electron chi connectivity index (χ3n) is 3.54. The van der Waals surface area contributed by atoms with Crippen molar-refractivity contribution in [1.82, 2.24) is 14.9 Å². The van der Waals surface area contributed by atoms with Crippen molar-refractivity contribution in [3.63, 3.8) is 0 Å². The molecule has 2 N–H and O–H groups in total. The Morgan fingerprint density at radius 3 is 2.61 bits per heavy atom. The molecule has 1 aromatic heterocycles. The van der Waals surface area contributed by atoms with Crippen molar-refractivity contribution < 1.29 is 5.11 Å². The summed E-state index contributed by atoms with van der Waals surface area (Å²) in [6, 6.07) is 10.1. The number of piperidine rings is 1. The van der Waals surface area contributed by atoms with Crippen molar-refractivity contribution in [2.75, 3.05) is 13.1 Å². The number of nitrogens with zero attached hydrogens (tertiary/aromatic N) is 2. The number of para-hydroxylation sites is 1. The van der Waals surface area contributed by atoms with E-state index in [4.69, 9.17) is 0 Å². The second-order valence-electron chi connectivity index (χ2n) is 4.68. The molecule has 0 saturated carbocycles. The van der Waals surface area contributed by atoms with E-state index in [0.717, 1.165) is 37.3 Å². The highest BCUT2D eigenvalue weighted by atomic mass is 16.3. The summed E-state index contributed by atoms with van der Waals surface area (Å²) < 4.78 is 2.01. The molecule has 0 atom stereocenters. The van der Waals surface area contributed by atoms with Gasteiger partial charge in [0.2, 0.25) is 5.88 Å². The van der Waals surface area contributed by atoms with Gasteiger partial charge in [-0.05, 0) is 38.1 Å². The van der Waals surface area contributed by atoms with Crippen LogP contribution in [0.5, 0.6) is 5.88 Å². The Labute approximate surface area is 106 Å². The van der Waals surface area contributed by atoms with Crippen LogP contribution in [-0.2, 0) is 0 Å². The number of rotatable bonds is 2. The summed E-state index contributed by atoms with van der Waals surface area (Å²) in [5.74, 6) is 0.555. The first-order valence-electron chi connectivity index (χ1n) is 6.38. The molecule has 1 fully saturated rings. The predicted molar refractivity (Wildman–Crippen MR) is 70.1 cm³/mol. The van der Waals surface area contributed by atoms with Crippen molar-refractivity contribution in [1.29, 1.82) is 0 Å². The van der Waals surface area contributed by atoms with Crippen molar-refractivity contribution in [3.8, 4) is 11.6 Å². The van der Waals surface area contributed by atoms with Crippen LogP contribution in [0.3, 0.4) is 0 Å². The van der Waals surface area contributed by atoms with E-state index in [-0.39, 0.29) is 5.88 Å². The summed E-state index contributed by atoms with van der Waals surface area (Å²) in [5.41, 5.74) is 2.00. The fourth-order valence-electron chi connectivity index (χ4n) is 2.62. The fourth-order valence-corrected chi connectivity index (χ4v) is 2.62. The molecule has 0 radical (unpaired) electrons. The number of aromatic hydroxyl groups is 1. The van der Waals surface area contributed by atoms with Crippen LogP contribution in [-0.4, -0.2) is 27.7 Å². The predicted octanol–water partition coefficient (Wildman–Crippen LogP) is 2.04. The zero-order valence-corrected chi connectivity index (χ0v) is 10.2.